The van der Waals surface area contributed by atoms with E-state index in [4.69, 9.17) is 21.1 Å². The van der Waals surface area contributed by atoms with Gasteiger partial charge in [0.25, 0.3) is 5.91 Å². The molecular weight excluding hydrogens is 433 g/mol. The van der Waals surface area contributed by atoms with Crippen molar-refractivity contribution in [3.05, 3.63) is 47.5 Å². The first-order valence-corrected chi connectivity index (χ1v) is 9.94. The van der Waals surface area contributed by atoms with Crippen molar-refractivity contribution in [3.8, 4) is 11.5 Å². The average molecular weight is 456 g/mol. The number of likely N-dealkylation sites (N-methyl/N-ethyl adjacent to an activating group) is 1. The monoisotopic (exact) mass is 455 g/mol. The first kappa shape index (κ1) is 23.2. The van der Waals surface area contributed by atoms with E-state index in [2.05, 4.69) is 4.98 Å². The number of carbonyl (C=O) groups excluding carboxylic acids is 1. The molecule has 6 nitrogen and oxygen atoms in total. The maximum atomic E-state index is 12.9. The summed E-state index contributed by atoms with van der Waals surface area (Å²) in [6, 6.07) is 12.6. The number of hydrogen-bond acceptors (Lipinski definition) is 6. The lowest BCUT2D eigenvalue weighted by atomic mass is 10.3. The fraction of sp³-hybridized carbons (Fsp3) is 0.300. The van der Waals surface area contributed by atoms with Crippen LogP contribution in [0.3, 0.4) is 0 Å². The third kappa shape index (κ3) is 6.21. The molecule has 1 amide bonds. The number of carbonyl (C=O) groups is 1. The van der Waals surface area contributed by atoms with Crippen LogP contribution in [-0.2, 0) is 4.79 Å². The van der Waals surface area contributed by atoms with Crippen LogP contribution >= 0.6 is 35.3 Å². The van der Waals surface area contributed by atoms with Crippen molar-refractivity contribution >= 4 is 56.6 Å². The molecule has 0 atom stereocenters. The van der Waals surface area contributed by atoms with Crippen LogP contribution in [0.2, 0.25) is 5.02 Å². The highest BCUT2D eigenvalue weighted by atomic mass is 35.5. The van der Waals surface area contributed by atoms with Gasteiger partial charge >= 0.3 is 0 Å². The summed E-state index contributed by atoms with van der Waals surface area (Å²) in [6.07, 6.45) is 0. The standard InChI is InChI=1S/C20H22ClN3O3S.ClH/c1-23(2)10-11-24(19(25)13-27-15-6-4-14(21)5-7-15)20-22-17-9-8-16(26-3)12-18(17)28-20;/h4-9,12H,10-11,13H2,1-3H3;1H. The molecule has 0 aliphatic carbocycles. The van der Waals surface area contributed by atoms with Gasteiger partial charge in [-0.2, -0.15) is 0 Å². The summed E-state index contributed by atoms with van der Waals surface area (Å²) < 4.78 is 11.9. The van der Waals surface area contributed by atoms with E-state index >= 15 is 0 Å². The molecule has 9 heteroatoms. The van der Waals surface area contributed by atoms with E-state index in [0.29, 0.717) is 29.0 Å². The number of halogens is 2. The molecule has 3 aromatic rings. The Kier molecular flexibility index (Phi) is 8.52. The molecule has 0 saturated carbocycles. The summed E-state index contributed by atoms with van der Waals surface area (Å²) >= 11 is 7.35. The highest BCUT2D eigenvalue weighted by Crippen LogP contribution is 2.31. The predicted octanol–water partition coefficient (Wildman–Crippen LogP) is 4.35. The maximum Gasteiger partial charge on any atom is 0.266 e. The summed E-state index contributed by atoms with van der Waals surface area (Å²) in [6.45, 7) is 1.16. The zero-order valence-electron chi connectivity index (χ0n) is 16.4. The lowest BCUT2D eigenvalue weighted by Crippen LogP contribution is -2.39. The Morgan fingerprint density at radius 2 is 1.79 bits per heavy atom. The van der Waals surface area contributed by atoms with Crippen LogP contribution in [0.25, 0.3) is 10.2 Å². The Labute approximate surface area is 185 Å². The van der Waals surface area contributed by atoms with E-state index in [-0.39, 0.29) is 24.9 Å². The van der Waals surface area contributed by atoms with Gasteiger partial charge in [0.05, 0.1) is 17.3 Å². The molecule has 2 aromatic carbocycles. The highest BCUT2D eigenvalue weighted by Gasteiger charge is 2.20. The number of rotatable bonds is 8. The van der Waals surface area contributed by atoms with Gasteiger partial charge in [0.15, 0.2) is 11.7 Å². The van der Waals surface area contributed by atoms with E-state index in [0.717, 1.165) is 16.0 Å². The van der Waals surface area contributed by atoms with E-state index in [9.17, 15) is 4.79 Å². The zero-order valence-corrected chi connectivity index (χ0v) is 18.8. The SMILES string of the molecule is COc1ccc2nc(N(CCN(C)C)C(=O)COc3ccc(Cl)cc3)sc2c1.Cl. The second-order valence-corrected chi connectivity index (χ2v) is 7.87. The Hall–Kier alpha value is -2.06. The molecule has 0 unspecified atom stereocenters. The minimum Gasteiger partial charge on any atom is -0.497 e. The Morgan fingerprint density at radius 1 is 1.10 bits per heavy atom. The number of hydrogen-bond donors (Lipinski definition) is 0. The lowest BCUT2D eigenvalue weighted by molar-refractivity contribution is -0.120. The van der Waals surface area contributed by atoms with Crippen molar-refractivity contribution in [1.82, 2.24) is 9.88 Å². The molecule has 0 N–H and O–H groups in total. The van der Waals surface area contributed by atoms with Gasteiger partial charge in [-0.15, -0.1) is 12.4 Å². The van der Waals surface area contributed by atoms with Gasteiger partial charge in [0.1, 0.15) is 11.5 Å². The number of benzene rings is 2. The number of nitrogens with zero attached hydrogens (tertiary/aromatic N) is 3. The molecule has 3 rings (SSSR count). The van der Waals surface area contributed by atoms with Crippen molar-refractivity contribution in [3.63, 3.8) is 0 Å². The topological polar surface area (TPSA) is 54.9 Å². The lowest BCUT2D eigenvalue weighted by Gasteiger charge is -2.22. The van der Waals surface area contributed by atoms with Gasteiger partial charge in [-0.3, -0.25) is 9.69 Å². The number of fused-ring (bicyclic) bond motifs is 1. The van der Waals surface area contributed by atoms with Crippen LogP contribution in [0, 0.1) is 0 Å². The summed E-state index contributed by atoms with van der Waals surface area (Å²) in [7, 11) is 5.57. The van der Waals surface area contributed by atoms with E-state index < -0.39 is 0 Å². The zero-order chi connectivity index (χ0) is 20.1. The van der Waals surface area contributed by atoms with E-state index in [1.54, 1.807) is 36.3 Å². The normalized spacial score (nSPS) is 10.7. The number of anilines is 1. The third-order valence-electron chi connectivity index (χ3n) is 4.06. The van der Waals surface area contributed by atoms with E-state index in [1.165, 1.54) is 11.3 Å². The molecule has 156 valence electrons. The number of methoxy groups -OCH3 is 1. The first-order chi connectivity index (χ1) is 13.5. The Bertz CT molecular complexity index is 948. The smallest absolute Gasteiger partial charge is 0.266 e. The van der Waals surface area contributed by atoms with Crippen LogP contribution in [0.5, 0.6) is 11.5 Å². The fourth-order valence-corrected chi connectivity index (χ4v) is 3.68. The van der Waals surface area contributed by atoms with Gasteiger partial charge in [0, 0.05) is 18.1 Å². The largest absolute Gasteiger partial charge is 0.497 e. The van der Waals surface area contributed by atoms with Crippen LogP contribution in [0.1, 0.15) is 0 Å². The Balaban J connectivity index is 0.00000300. The number of thiazole rings is 1. The molecule has 0 saturated heterocycles. The van der Waals surface area contributed by atoms with Crippen molar-refractivity contribution in [2.45, 2.75) is 0 Å². The molecule has 0 spiro atoms. The predicted molar refractivity (Wildman–Crippen MR) is 121 cm³/mol. The second kappa shape index (κ2) is 10.6. The number of aromatic nitrogens is 1. The molecule has 0 aliphatic rings. The molecule has 29 heavy (non-hydrogen) atoms. The van der Waals surface area contributed by atoms with Gasteiger partial charge < -0.3 is 14.4 Å². The second-order valence-electron chi connectivity index (χ2n) is 6.42. The summed E-state index contributed by atoms with van der Waals surface area (Å²) in [5.41, 5.74) is 0.835. The van der Waals surface area contributed by atoms with Gasteiger partial charge in [-0.1, -0.05) is 22.9 Å². The van der Waals surface area contributed by atoms with Crippen molar-refractivity contribution < 1.29 is 14.3 Å². The molecule has 0 radical (unpaired) electrons. The van der Waals surface area contributed by atoms with Gasteiger partial charge in [-0.05, 0) is 56.6 Å². The van der Waals surface area contributed by atoms with Gasteiger partial charge in [-0.25, -0.2) is 4.98 Å². The van der Waals surface area contributed by atoms with Crippen molar-refractivity contribution in [2.75, 3.05) is 45.8 Å². The average Bonchev–Trinajstić information content (AvgIpc) is 3.10. The van der Waals surface area contributed by atoms with Crippen LogP contribution < -0.4 is 14.4 Å². The third-order valence-corrected chi connectivity index (χ3v) is 5.36. The highest BCUT2D eigenvalue weighted by molar-refractivity contribution is 7.22. The van der Waals surface area contributed by atoms with E-state index in [1.807, 2.05) is 37.2 Å². The number of ether oxygens (including phenoxy) is 2. The molecule has 1 aromatic heterocycles. The molecule has 0 aliphatic heterocycles. The minimum atomic E-state index is -0.150. The number of amides is 1. The summed E-state index contributed by atoms with van der Waals surface area (Å²) in [4.78, 5) is 21.2. The summed E-state index contributed by atoms with van der Waals surface area (Å²) in [5.74, 6) is 1.21. The molecule has 0 bridgehead atoms. The van der Waals surface area contributed by atoms with Crippen molar-refractivity contribution in [2.24, 2.45) is 0 Å². The van der Waals surface area contributed by atoms with Crippen molar-refractivity contribution in [1.29, 1.82) is 0 Å². The molecular formula is C20H23Cl2N3O3S. The first-order valence-electron chi connectivity index (χ1n) is 8.74. The maximum absolute atomic E-state index is 12.9. The van der Waals surface area contributed by atoms with Crippen LogP contribution in [-0.4, -0.2) is 56.7 Å². The molecule has 0 fully saturated rings. The summed E-state index contributed by atoms with van der Waals surface area (Å²) in [5, 5.41) is 1.27. The Morgan fingerprint density at radius 3 is 2.45 bits per heavy atom. The fourth-order valence-electron chi connectivity index (χ4n) is 2.52. The minimum absolute atomic E-state index is 0. The van der Waals surface area contributed by atoms with Crippen LogP contribution in [0.15, 0.2) is 42.5 Å². The molecule has 1 heterocycles. The quantitative estimate of drug-likeness (QED) is 0.505. The van der Waals surface area contributed by atoms with Gasteiger partial charge in [0.2, 0.25) is 0 Å². The van der Waals surface area contributed by atoms with Crippen LogP contribution in [0.4, 0.5) is 5.13 Å².